The van der Waals surface area contributed by atoms with E-state index in [2.05, 4.69) is 19.2 Å². The predicted octanol–water partition coefficient (Wildman–Crippen LogP) is 2.43. The van der Waals surface area contributed by atoms with E-state index in [1.54, 1.807) is 0 Å². The molecule has 2 saturated carbocycles. The molecule has 0 aromatic rings. The monoisotopic (exact) mass is 210 g/mol. The smallest absolute Gasteiger partial charge is 0.0153 e. The molecule has 2 aliphatic carbocycles. The first-order valence-corrected chi connectivity index (χ1v) is 6.55. The summed E-state index contributed by atoms with van der Waals surface area (Å²) in [5.74, 6) is 0. The van der Waals surface area contributed by atoms with Gasteiger partial charge < -0.3 is 11.1 Å². The Morgan fingerprint density at radius 1 is 1.13 bits per heavy atom. The van der Waals surface area contributed by atoms with Gasteiger partial charge in [-0.2, -0.15) is 0 Å². The highest BCUT2D eigenvalue weighted by Gasteiger charge is 2.38. The molecule has 0 amide bonds. The molecule has 0 radical (unpaired) electrons. The molecule has 0 bridgehead atoms. The van der Waals surface area contributed by atoms with Crippen molar-refractivity contribution in [3.05, 3.63) is 0 Å². The molecule has 0 aliphatic heterocycles. The van der Waals surface area contributed by atoms with E-state index in [-0.39, 0.29) is 0 Å². The van der Waals surface area contributed by atoms with Gasteiger partial charge in [0.15, 0.2) is 0 Å². The molecular formula is C13H26N2. The van der Waals surface area contributed by atoms with Crippen LogP contribution in [0.3, 0.4) is 0 Å². The van der Waals surface area contributed by atoms with Crippen LogP contribution in [-0.2, 0) is 0 Å². The lowest BCUT2D eigenvalue weighted by molar-refractivity contribution is 0.232. The summed E-state index contributed by atoms with van der Waals surface area (Å²) < 4.78 is 0. The fourth-order valence-corrected chi connectivity index (χ4v) is 3.23. The molecule has 0 aromatic carbocycles. The van der Waals surface area contributed by atoms with Crippen molar-refractivity contribution in [2.24, 2.45) is 11.1 Å². The molecule has 0 aromatic heterocycles. The lowest BCUT2D eigenvalue weighted by Gasteiger charge is -2.35. The standard InChI is InChI=1S/C13H26N2/c1-12(7-5-6-11(12)14)10-15-13(2)8-3-4-9-13/h11,15H,3-10,14H2,1-2H3. The van der Waals surface area contributed by atoms with E-state index in [1.807, 2.05) is 0 Å². The highest BCUT2D eigenvalue weighted by atomic mass is 15.0. The molecule has 0 saturated heterocycles. The minimum atomic E-state index is 0.353. The van der Waals surface area contributed by atoms with E-state index in [1.165, 1.54) is 44.9 Å². The second-order valence-electron chi connectivity index (χ2n) is 6.27. The zero-order valence-electron chi connectivity index (χ0n) is 10.3. The summed E-state index contributed by atoms with van der Waals surface area (Å²) in [6, 6.07) is 0.412. The molecular weight excluding hydrogens is 184 g/mol. The number of nitrogens with two attached hydrogens (primary N) is 1. The number of nitrogens with one attached hydrogen (secondary N) is 1. The molecule has 3 N–H and O–H groups in total. The molecule has 2 nitrogen and oxygen atoms in total. The zero-order chi connectivity index (χ0) is 10.9. The maximum Gasteiger partial charge on any atom is 0.0153 e. The van der Waals surface area contributed by atoms with Crippen LogP contribution in [0.2, 0.25) is 0 Å². The van der Waals surface area contributed by atoms with Gasteiger partial charge in [0.05, 0.1) is 0 Å². The maximum absolute atomic E-state index is 6.20. The van der Waals surface area contributed by atoms with Gasteiger partial charge >= 0.3 is 0 Å². The van der Waals surface area contributed by atoms with Crippen molar-refractivity contribution in [3.8, 4) is 0 Å². The third-order valence-electron chi connectivity index (χ3n) is 4.78. The highest BCUT2D eigenvalue weighted by molar-refractivity contribution is 4.96. The van der Waals surface area contributed by atoms with Gasteiger partial charge in [-0.1, -0.05) is 26.2 Å². The van der Waals surface area contributed by atoms with Gasteiger partial charge in [0.1, 0.15) is 0 Å². The Bertz CT molecular complexity index is 221. The fourth-order valence-electron chi connectivity index (χ4n) is 3.23. The maximum atomic E-state index is 6.20. The van der Waals surface area contributed by atoms with Crippen molar-refractivity contribution in [2.75, 3.05) is 6.54 Å². The van der Waals surface area contributed by atoms with E-state index in [4.69, 9.17) is 5.73 Å². The van der Waals surface area contributed by atoms with Gasteiger partial charge in [-0.05, 0) is 38.0 Å². The fraction of sp³-hybridized carbons (Fsp3) is 1.00. The van der Waals surface area contributed by atoms with E-state index in [9.17, 15) is 0 Å². The molecule has 2 rings (SSSR count). The Morgan fingerprint density at radius 3 is 2.33 bits per heavy atom. The third-order valence-corrected chi connectivity index (χ3v) is 4.78. The molecule has 15 heavy (non-hydrogen) atoms. The van der Waals surface area contributed by atoms with Crippen LogP contribution in [-0.4, -0.2) is 18.1 Å². The SMILES string of the molecule is CC1(NCC2(C)CCCC2N)CCCC1. The first-order chi connectivity index (χ1) is 7.04. The summed E-state index contributed by atoms with van der Waals surface area (Å²) in [4.78, 5) is 0. The lowest BCUT2D eigenvalue weighted by atomic mass is 9.84. The minimum Gasteiger partial charge on any atom is -0.327 e. The Kier molecular flexibility index (Phi) is 3.09. The molecule has 2 unspecified atom stereocenters. The number of rotatable bonds is 3. The summed E-state index contributed by atoms with van der Waals surface area (Å²) in [6.45, 7) is 5.85. The topological polar surface area (TPSA) is 38.0 Å². The Morgan fingerprint density at radius 2 is 1.80 bits per heavy atom. The van der Waals surface area contributed by atoms with E-state index >= 15 is 0 Å². The van der Waals surface area contributed by atoms with Gasteiger partial charge in [0, 0.05) is 18.1 Å². The van der Waals surface area contributed by atoms with E-state index < -0.39 is 0 Å². The normalized spacial score (nSPS) is 39.8. The Labute approximate surface area is 94.0 Å². The molecule has 2 fully saturated rings. The largest absolute Gasteiger partial charge is 0.327 e. The minimum absolute atomic E-state index is 0.353. The summed E-state index contributed by atoms with van der Waals surface area (Å²) >= 11 is 0. The quantitative estimate of drug-likeness (QED) is 0.751. The van der Waals surface area contributed by atoms with Crippen LogP contribution < -0.4 is 11.1 Å². The van der Waals surface area contributed by atoms with Crippen molar-refractivity contribution in [3.63, 3.8) is 0 Å². The van der Waals surface area contributed by atoms with Crippen LogP contribution in [0.1, 0.15) is 58.8 Å². The van der Waals surface area contributed by atoms with Crippen molar-refractivity contribution in [1.82, 2.24) is 5.32 Å². The van der Waals surface area contributed by atoms with Gasteiger partial charge in [0.25, 0.3) is 0 Å². The van der Waals surface area contributed by atoms with Crippen LogP contribution in [0.15, 0.2) is 0 Å². The first kappa shape index (κ1) is 11.4. The van der Waals surface area contributed by atoms with Gasteiger partial charge in [-0.25, -0.2) is 0 Å². The second-order valence-corrected chi connectivity index (χ2v) is 6.27. The summed E-state index contributed by atoms with van der Waals surface area (Å²) in [6.07, 6.45) is 9.32. The van der Waals surface area contributed by atoms with Crippen LogP contribution in [0.5, 0.6) is 0 Å². The van der Waals surface area contributed by atoms with Gasteiger partial charge in [-0.15, -0.1) is 0 Å². The molecule has 2 heteroatoms. The molecule has 0 spiro atoms. The van der Waals surface area contributed by atoms with Crippen molar-refractivity contribution in [1.29, 1.82) is 0 Å². The molecule has 88 valence electrons. The Balaban J connectivity index is 1.86. The van der Waals surface area contributed by atoms with Crippen LogP contribution >= 0.6 is 0 Å². The average molecular weight is 210 g/mol. The van der Waals surface area contributed by atoms with Crippen LogP contribution in [0, 0.1) is 5.41 Å². The lowest BCUT2D eigenvalue weighted by Crippen LogP contribution is -2.49. The summed E-state index contributed by atoms with van der Waals surface area (Å²) in [7, 11) is 0. The third kappa shape index (κ3) is 2.36. The summed E-state index contributed by atoms with van der Waals surface area (Å²) in [5.41, 5.74) is 6.96. The van der Waals surface area contributed by atoms with Crippen LogP contribution in [0.4, 0.5) is 0 Å². The van der Waals surface area contributed by atoms with Crippen LogP contribution in [0.25, 0.3) is 0 Å². The van der Waals surface area contributed by atoms with E-state index in [0.717, 1.165) is 6.54 Å². The predicted molar refractivity (Wildman–Crippen MR) is 64.8 cm³/mol. The second kappa shape index (κ2) is 4.06. The molecule has 2 atom stereocenters. The van der Waals surface area contributed by atoms with Gasteiger partial charge in [-0.3, -0.25) is 0 Å². The highest BCUT2D eigenvalue weighted by Crippen LogP contribution is 2.37. The Hall–Kier alpha value is -0.0800. The summed E-state index contributed by atoms with van der Waals surface area (Å²) in [5, 5.41) is 3.79. The van der Waals surface area contributed by atoms with Gasteiger partial charge in [0.2, 0.25) is 0 Å². The van der Waals surface area contributed by atoms with E-state index in [0.29, 0.717) is 17.0 Å². The average Bonchev–Trinajstić information content (AvgIpc) is 2.75. The van der Waals surface area contributed by atoms with Crippen molar-refractivity contribution < 1.29 is 0 Å². The zero-order valence-corrected chi connectivity index (χ0v) is 10.3. The molecule has 2 aliphatic rings. The number of hydrogen-bond acceptors (Lipinski definition) is 2. The van der Waals surface area contributed by atoms with Crippen molar-refractivity contribution >= 4 is 0 Å². The number of hydrogen-bond donors (Lipinski definition) is 2. The van der Waals surface area contributed by atoms with Crippen molar-refractivity contribution in [2.45, 2.75) is 70.4 Å². The first-order valence-electron chi connectivity index (χ1n) is 6.55. The molecule has 0 heterocycles.